The summed E-state index contributed by atoms with van der Waals surface area (Å²) in [6.45, 7) is 1.89. The van der Waals surface area contributed by atoms with E-state index in [4.69, 9.17) is 4.74 Å². The first-order chi connectivity index (χ1) is 14.0. The first-order valence-corrected chi connectivity index (χ1v) is 9.07. The van der Waals surface area contributed by atoms with Gasteiger partial charge in [-0.05, 0) is 13.0 Å². The average Bonchev–Trinajstić information content (AvgIpc) is 3.40. The Morgan fingerprint density at radius 2 is 1.97 bits per heavy atom. The second-order valence-corrected chi connectivity index (χ2v) is 7.02. The van der Waals surface area contributed by atoms with Crippen LogP contribution in [0.5, 0.6) is 5.75 Å². The molecule has 0 atom stereocenters. The fourth-order valence-corrected chi connectivity index (χ4v) is 3.77. The first kappa shape index (κ1) is 17.2. The van der Waals surface area contributed by atoms with Gasteiger partial charge in [0, 0.05) is 42.9 Å². The van der Waals surface area contributed by atoms with Crippen molar-refractivity contribution in [3.05, 3.63) is 53.1 Å². The highest BCUT2D eigenvalue weighted by Crippen LogP contribution is 2.36. The quantitative estimate of drug-likeness (QED) is 0.511. The van der Waals surface area contributed by atoms with Gasteiger partial charge in [0.1, 0.15) is 5.75 Å². The Bertz CT molecular complexity index is 1450. The van der Waals surface area contributed by atoms with E-state index in [0.717, 1.165) is 38.8 Å². The second kappa shape index (κ2) is 6.06. The van der Waals surface area contributed by atoms with Gasteiger partial charge in [0.05, 0.1) is 53.6 Å². The number of hydrogen-bond acceptors (Lipinski definition) is 5. The molecule has 0 amide bonds. The maximum absolute atomic E-state index is 13.1. The van der Waals surface area contributed by atoms with E-state index in [0.29, 0.717) is 11.4 Å². The highest BCUT2D eigenvalue weighted by atomic mass is 16.5. The summed E-state index contributed by atoms with van der Waals surface area (Å²) >= 11 is 0. The monoisotopic (exact) mass is 389 g/mol. The van der Waals surface area contributed by atoms with E-state index >= 15 is 0 Å². The zero-order chi connectivity index (χ0) is 20.3. The molecule has 5 rings (SSSR count). The van der Waals surface area contributed by atoms with Crippen molar-refractivity contribution in [3.63, 3.8) is 0 Å². The summed E-state index contributed by atoms with van der Waals surface area (Å²) in [5.41, 5.74) is 5.43. The zero-order valence-corrected chi connectivity index (χ0v) is 16.5. The Hall–Kier alpha value is -3.88. The summed E-state index contributed by atoms with van der Waals surface area (Å²) < 4.78 is 10.6. The third-order valence-corrected chi connectivity index (χ3v) is 5.26. The molecule has 1 aromatic carbocycles. The molecule has 9 nitrogen and oxygen atoms in total. The van der Waals surface area contributed by atoms with Gasteiger partial charge < -0.3 is 4.74 Å². The minimum atomic E-state index is -0.155. The van der Waals surface area contributed by atoms with Crippen molar-refractivity contribution in [2.75, 3.05) is 7.11 Å². The lowest BCUT2D eigenvalue weighted by atomic mass is 10.0. The van der Waals surface area contributed by atoms with Gasteiger partial charge >= 0.3 is 5.69 Å². The highest BCUT2D eigenvalue weighted by Gasteiger charge is 2.20. The molecule has 9 heteroatoms. The molecule has 0 saturated carbocycles. The van der Waals surface area contributed by atoms with E-state index in [1.807, 2.05) is 32.3 Å². The van der Waals surface area contributed by atoms with Crippen molar-refractivity contribution in [2.45, 2.75) is 6.92 Å². The van der Waals surface area contributed by atoms with Crippen LogP contribution < -0.4 is 10.4 Å². The first-order valence-electron chi connectivity index (χ1n) is 9.07. The highest BCUT2D eigenvalue weighted by molar-refractivity contribution is 6.05. The molecule has 0 aliphatic carbocycles. The molecule has 29 heavy (non-hydrogen) atoms. The van der Waals surface area contributed by atoms with Crippen molar-refractivity contribution >= 4 is 21.9 Å². The molecule has 0 unspecified atom stereocenters. The van der Waals surface area contributed by atoms with E-state index in [1.54, 1.807) is 46.6 Å². The summed E-state index contributed by atoms with van der Waals surface area (Å²) in [7, 11) is 5.25. The number of rotatable bonds is 3. The number of imidazole rings is 1. The van der Waals surface area contributed by atoms with Crippen LogP contribution in [0, 0.1) is 6.92 Å². The Balaban J connectivity index is 1.95. The predicted octanol–water partition coefficient (Wildman–Crippen LogP) is 2.32. The number of nitrogens with zero attached hydrogens (tertiary/aromatic N) is 6. The number of pyridine rings is 1. The van der Waals surface area contributed by atoms with Crippen LogP contribution in [0.25, 0.3) is 38.8 Å². The SMILES string of the molecule is COc1cc2ncc3c(c2cc1-c1cnn(C)c1)n(-c1cn[nH]c1C)c(=O)n3C. The van der Waals surface area contributed by atoms with Crippen LogP contribution in [-0.2, 0) is 14.1 Å². The number of aromatic nitrogens is 7. The Morgan fingerprint density at radius 1 is 1.14 bits per heavy atom. The number of methoxy groups -OCH3 is 1. The third kappa shape index (κ3) is 2.40. The number of aromatic amines is 1. The van der Waals surface area contributed by atoms with Crippen LogP contribution in [0.15, 0.2) is 41.7 Å². The van der Waals surface area contributed by atoms with Crippen LogP contribution in [-0.4, -0.2) is 41.2 Å². The molecule has 0 saturated heterocycles. The number of fused-ring (bicyclic) bond motifs is 3. The minimum Gasteiger partial charge on any atom is -0.496 e. The number of hydrogen-bond donors (Lipinski definition) is 1. The van der Waals surface area contributed by atoms with Gasteiger partial charge in [-0.3, -0.25) is 23.9 Å². The van der Waals surface area contributed by atoms with Gasteiger partial charge in [0.15, 0.2) is 0 Å². The van der Waals surface area contributed by atoms with Gasteiger partial charge in [-0.1, -0.05) is 0 Å². The van der Waals surface area contributed by atoms with E-state index in [1.165, 1.54) is 0 Å². The number of H-pyrrole nitrogens is 1. The molecule has 5 aromatic rings. The maximum atomic E-state index is 13.1. The largest absolute Gasteiger partial charge is 0.496 e. The van der Waals surface area contributed by atoms with Crippen LogP contribution in [0.4, 0.5) is 0 Å². The average molecular weight is 389 g/mol. The van der Waals surface area contributed by atoms with Gasteiger partial charge in [-0.25, -0.2) is 4.79 Å². The zero-order valence-electron chi connectivity index (χ0n) is 16.5. The maximum Gasteiger partial charge on any atom is 0.333 e. The molecule has 0 aliphatic heterocycles. The lowest BCUT2D eigenvalue weighted by Crippen LogP contribution is -2.21. The summed E-state index contributed by atoms with van der Waals surface area (Å²) in [4.78, 5) is 17.7. The van der Waals surface area contributed by atoms with Crippen molar-refractivity contribution in [2.24, 2.45) is 14.1 Å². The molecule has 0 aliphatic rings. The van der Waals surface area contributed by atoms with E-state index in [9.17, 15) is 4.79 Å². The molecular formula is C20H19N7O2. The Kier molecular flexibility index (Phi) is 3.60. The van der Waals surface area contributed by atoms with Crippen LogP contribution in [0.1, 0.15) is 5.69 Å². The number of ether oxygens (including phenoxy) is 1. The standard InChI is InChI=1S/C20H19N7O2/c1-11-16(9-22-24-11)27-19-14-5-13(12-7-23-25(2)10-12)18(29-4)6-15(14)21-8-17(19)26(3)20(27)28/h5-10H,1-4H3,(H,22,24). The predicted molar refractivity (Wildman–Crippen MR) is 109 cm³/mol. The second-order valence-electron chi connectivity index (χ2n) is 7.02. The molecule has 0 fully saturated rings. The van der Waals surface area contributed by atoms with Crippen LogP contribution >= 0.6 is 0 Å². The minimum absolute atomic E-state index is 0.155. The van der Waals surface area contributed by atoms with E-state index < -0.39 is 0 Å². The van der Waals surface area contributed by atoms with E-state index in [-0.39, 0.29) is 5.69 Å². The fourth-order valence-electron chi connectivity index (χ4n) is 3.77. The van der Waals surface area contributed by atoms with Gasteiger partial charge in [0.2, 0.25) is 0 Å². The third-order valence-electron chi connectivity index (χ3n) is 5.26. The van der Waals surface area contributed by atoms with Gasteiger partial charge in [0.25, 0.3) is 0 Å². The summed E-state index contributed by atoms with van der Waals surface area (Å²) in [6.07, 6.45) is 7.09. The smallest absolute Gasteiger partial charge is 0.333 e. The lowest BCUT2D eigenvalue weighted by molar-refractivity contribution is 0.417. The fraction of sp³-hybridized carbons (Fsp3) is 0.200. The molecule has 1 N–H and O–H groups in total. The number of benzene rings is 1. The van der Waals surface area contributed by atoms with Crippen molar-refractivity contribution in [1.82, 2.24) is 34.1 Å². The molecule has 0 bridgehead atoms. The number of aryl methyl sites for hydroxylation is 3. The summed E-state index contributed by atoms with van der Waals surface area (Å²) in [5.74, 6) is 0.696. The van der Waals surface area contributed by atoms with Crippen molar-refractivity contribution < 1.29 is 4.74 Å². The van der Waals surface area contributed by atoms with Crippen LogP contribution in [0.2, 0.25) is 0 Å². The normalized spacial score (nSPS) is 11.6. The molecule has 0 radical (unpaired) electrons. The molecular weight excluding hydrogens is 370 g/mol. The Labute approximate surface area is 165 Å². The van der Waals surface area contributed by atoms with Crippen molar-refractivity contribution in [1.29, 1.82) is 0 Å². The molecule has 146 valence electrons. The lowest BCUT2D eigenvalue weighted by Gasteiger charge is -2.11. The number of nitrogens with one attached hydrogen (secondary N) is 1. The molecule has 4 heterocycles. The van der Waals surface area contributed by atoms with Crippen LogP contribution in [0.3, 0.4) is 0 Å². The van der Waals surface area contributed by atoms with Gasteiger partial charge in [-0.15, -0.1) is 0 Å². The van der Waals surface area contributed by atoms with E-state index in [2.05, 4.69) is 20.3 Å². The summed E-state index contributed by atoms with van der Waals surface area (Å²) in [5, 5.41) is 12.1. The van der Waals surface area contributed by atoms with Crippen molar-refractivity contribution in [3.8, 4) is 22.6 Å². The summed E-state index contributed by atoms with van der Waals surface area (Å²) in [6, 6.07) is 3.90. The Morgan fingerprint density at radius 3 is 2.62 bits per heavy atom. The molecule has 4 aromatic heterocycles. The molecule has 0 spiro atoms. The topological polar surface area (TPSA) is 95.6 Å². The van der Waals surface area contributed by atoms with Gasteiger partial charge in [-0.2, -0.15) is 10.2 Å².